The molecule has 0 saturated heterocycles. The number of carbonyl (C=O) groups excluding carboxylic acids is 4. The van der Waals surface area contributed by atoms with Crippen LogP contribution in [0.2, 0.25) is 0 Å². The van der Waals surface area contributed by atoms with Crippen LogP contribution in [0, 0.1) is 5.92 Å². The van der Waals surface area contributed by atoms with E-state index in [1.54, 1.807) is 34.3 Å². The summed E-state index contributed by atoms with van der Waals surface area (Å²) >= 11 is 0. The van der Waals surface area contributed by atoms with Crippen LogP contribution in [-0.2, 0) is 45.4 Å². The average Bonchev–Trinajstić information content (AvgIpc) is 3.95. The molecule has 4 N–H and O–H groups in total. The second-order valence-corrected chi connectivity index (χ2v) is 15.5. The Morgan fingerprint density at radius 2 is 1.30 bits per heavy atom. The van der Waals surface area contributed by atoms with Gasteiger partial charge in [0, 0.05) is 46.5 Å². The van der Waals surface area contributed by atoms with Gasteiger partial charge in [0.25, 0.3) is 0 Å². The molecule has 0 unspecified atom stereocenters. The van der Waals surface area contributed by atoms with Gasteiger partial charge < -0.3 is 49.3 Å². The van der Waals surface area contributed by atoms with Crippen molar-refractivity contribution in [2.24, 2.45) is 5.92 Å². The normalized spacial score (nSPS) is 13.2. The summed E-state index contributed by atoms with van der Waals surface area (Å²) in [7, 11) is 2.54. The van der Waals surface area contributed by atoms with Crippen LogP contribution in [0.1, 0.15) is 74.9 Å². The van der Waals surface area contributed by atoms with Crippen LogP contribution in [0.25, 0.3) is 33.6 Å². The van der Waals surface area contributed by atoms with Crippen molar-refractivity contribution in [2.45, 2.75) is 78.9 Å². The van der Waals surface area contributed by atoms with Crippen molar-refractivity contribution in [1.29, 1.82) is 0 Å². The maximum Gasteiger partial charge on any atom is 0.407 e. The summed E-state index contributed by atoms with van der Waals surface area (Å²) in [6.07, 6.45) is 3.31. The molecule has 3 aromatic carbocycles. The number of hydrogen-bond donors (Lipinski definition) is 4. The zero-order valence-corrected chi connectivity index (χ0v) is 35.3. The molecule has 16 heteroatoms. The van der Waals surface area contributed by atoms with Gasteiger partial charge in [0.1, 0.15) is 48.4 Å². The number of aromatic amines is 2. The molecule has 0 aliphatic carbocycles. The molecule has 0 bridgehead atoms. The number of carbonyl (C=O) groups is 4. The minimum atomic E-state index is -0.940. The number of alkyl carbamates (subject to hydrolysis) is 2. The predicted octanol–water partition coefficient (Wildman–Crippen LogP) is 6.87. The Morgan fingerprint density at radius 1 is 0.754 bits per heavy atom. The average molecular weight is 833 g/mol. The van der Waals surface area contributed by atoms with Crippen molar-refractivity contribution in [2.75, 3.05) is 27.3 Å². The van der Waals surface area contributed by atoms with E-state index in [0.29, 0.717) is 49.9 Å². The van der Waals surface area contributed by atoms with E-state index in [1.165, 1.54) is 14.2 Å². The van der Waals surface area contributed by atoms with Gasteiger partial charge in [0.2, 0.25) is 11.8 Å². The second-order valence-electron chi connectivity index (χ2n) is 15.5. The standard InChI is InChI=1S/C45H52N8O8/c1-7-14-52(42(54)32(8-2)50-44(56)58-5)22-37-46-19-33(48-37)28-15-30-24-61-36-18-29(16-31-25-60-35(17-28)39(30)40(31)36)34-20-47-38(49-34)23-53(21-26(3)4)43(55)41(51-45(57)59-6)27-12-10-9-11-13-27/h9-13,15-20,26,32,41H,7-8,14,21-25H2,1-6H3,(H,46,48)(H,47,49)(H,50,56)(H,51,57)/t32-,41+/m0/s1. The molecule has 0 spiro atoms. The lowest BCUT2D eigenvalue weighted by atomic mass is 9.87. The van der Waals surface area contributed by atoms with E-state index in [0.717, 1.165) is 62.7 Å². The number of hydrogen-bond acceptors (Lipinski definition) is 10. The lowest BCUT2D eigenvalue weighted by Gasteiger charge is -2.30. The molecule has 0 saturated carbocycles. The van der Waals surface area contributed by atoms with Crippen molar-refractivity contribution in [1.82, 2.24) is 40.4 Å². The summed E-state index contributed by atoms with van der Waals surface area (Å²) in [6, 6.07) is 15.6. The zero-order chi connectivity index (χ0) is 43.2. The lowest BCUT2D eigenvalue weighted by molar-refractivity contribution is -0.135. The summed E-state index contributed by atoms with van der Waals surface area (Å²) in [4.78, 5) is 71.1. The van der Waals surface area contributed by atoms with E-state index in [4.69, 9.17) is 18.9 Å². The van der Waals surface area contributed by atoms with E-state index < -0.39 is 24.3 Å². The van der Waals surface area contributed by atoms with Crippen LogP contribution >= 0.6 is 0 Å². The third-order valence-corrected chi connectivity index (χ3v) is 10.7. The van der Waals surface area contributed by atoms with Crippen molar-refractivity contribution < 1.29 is 38.1 Å². The molecule has 61 heavy (non-hydrogen) atoms. The number of nitrogens with one attached hydrogen (secondary N) is 4. The molecule has 2 aliphatic rings. The van der Waals surface area contributed by atoms with E-state index in [1.807, 2.05) is 58.0 Å². The Kier molecular flexibility index (Phi) is 12.9. The first-order valence-corrected chi connectivity index (χ1v) is 20.5. The van der Waals surface area contributed by atoms with Crippen molar-refractivity contribution in [3.05, 3.63) is 95.3 Å². The molecule has 4 amide bonds. The molecule has 2 aliphatic heterocycles. The fourth-order valence-corrected chi connectivity index (χ4v) is 7.79. The van der Waals surface area contributed by atoms with Crippen molar-refractivity contribution >= 4 is 24.0 Å². The number of ether oxygens (including phenoxy) is 4. The van der Waals surface area contributed by atoms with Gasteiger partial charge in [0.15, 0.2) is 0 Å². The van der Waals surface area contributed by atoms with Crippen LogP contribution in [0.3, 0.4) is 0 Å². The highest BCUT2D eigenvalue weighted by atomic mass is 16.5. The quantitative estimate of drug-likeness (QED) is 0.0815. The number of rotatable bonds is 16. The van der Waals surface area contributed by atoms with Crippen LogP contribution in [0.4, 0.5) is 9.59 Å². The Morgan fingerprint density at radius 3 is 1.80 bits per heavy atom. The highest BCUT2D eigenvalue weighted by Gasteiger charge is 2.32. The molecular weight excluding hydrogens is 781 g/mol. The second kappa shape index (κ2) is 18.6. The fourth-order valence-electron chi connectivity index (χ4n) is 7.79. The molecule has 4 heterocycles. The third-order valence-electron chi connectivity index (χ3n) is 10.7. The van der Waals surface area contributed by atoms with Gasteiger partial charge in [-0.05, 0) is 48.6 Å². The van der Waals surface area contributed by atoms with E-state index in [9.17, 15) is 19.2 Å². The maximum atomic E-state index is 14.1. The number of nitrogens with zero attached hydrogens (tertiary/aromatic N) is 4. The molecule has 0 fully saturated rings. The van der Waals surface area contributed by atoms with Gasteiger partial charge in [-0.1, -0.05) is 58.0 Å². The minimum Gasteiger partial charge on any atom is -0.488 e. The summed E-state index contributed by atoms with van der Waals surface area (Å²) in [5.74, 6) is 2.35. The smallest absolute Gasteiger partial charge is 0.407 e. The van der Waals surface area contributed by atoms with Gasteiger partial charge >= 0.3 is 12.2 Å². The number of benzene rings is 3. The molecule has 320 valence electrons. The van der Waals surface area contributed by atoms with E-state index >= 15 is 0 Å². The monoisotopic (exact) mass is 832 g/mol. The summed E-state index contributed by atoms with van der Waals surface area (Å²) in [5, 5.41) is 5.33. The molecule has 2 atom stereocenters. The lowest BCUT2D eigenvalue weighted by Crippen LogP contribution is -2.48. The van der Waals surface area contributed by atoms with Crippen LogP contribution < -0.4 is 20.1 Å². The number of aromatic nitrogens is 4. The summed E-state index contributed by atoms with van der Waals surface area (Å²) in [5.41, 5.74) is 7.83. The molecule has 7 rings (SSSR count). The highest BCUT2D eigenvalue weighted by Crippen LogP contribution is 2.50. The SMILES string of the molecule is CCCN(Cc1ncc(-c2cc3c4c(c2)OCc2cc(-c5cnc(CN(CC(C)C)C(=O)[C@H](NC(=O)OC)c6ccccc6)[nH]5)cc(c2-4)OC3)[nH]1)C(=O)[C@H](CC)NC(=O)OC. The zero-order valence-electron chi connectivity index (χ0n) is 35.3. The first kappa shape index (κ1) is 42.3. The van der Waals surface area contributed by atoms with E-state index in [2.05, 4.69) is 42.7 Å². The summed E-state index contributed by atoms with van der Waals surface area (Å²) < 4.78 is 22.4. The molecule has 0 radical (unpaired) electrons. The Hall–Kier alpha value is -6.84. The van der Waals surface area contributed by atoms with Gasteiger partial charge in [-0.3, -0.25) is 9.59 Å². The minimum absolute atomic E-state index is 0.149. The topological polar surface area (TPSA) is 193 Å². The van der Waals surface area contributed by atoms with Gasteiger partial charge in [-0.2, -0.15) is 0 Å². The van der Waals surface area contributed by atoms with Gasteiger partial charge in [-0.15, -0.1) is 0 Å². The van der Waals surface area contributed by atoms with Crippen LogP contribution in [-0.4, -0.2) is 87.1 Å². The molecule has 16 nitrogen and oxygen atoms in total. The largest absolute Gasteiger partial charge is 0.488 e. The third kappa shape index (κ3) is 9.32. The Labute approximate surface area is 354 Å². The Balaban J connectivity index is 1.09. The maximum absolute atomic E-state index is 14.1. The first-order valence-electron chi connectivity index (χ1n) is 20.5. The Bertz CT molecular complexity index is 2340. The first-order chi connectivity index (χ1) is 29.5. The van der Waals surface area contributed by atoms with Gasteiger partial charge in [0.05, 0.1) is 51.1 Å². The molecule has 2 aromatic heterocycles. The number of amides is 4. The number of imidazole rings is 2. The number of methoxy groups -OCH3 is 2. The van der Waals surface area contributed by atoms with Crippen molar-refractivity contribution in [3.63, 3.8) is 0 Å². The van der Waals surface area contributed by atoms with Crippen molar-refractivity contribution in [3.8, 4) is 45.1 Å². The molecule has 5 aromatic rings. The van der Waals surface area contributed by atoms with Crippen LogP contribution in [0.15, 0.2) is 67.0 Å². The summed E-state index contributed by atoms with van der Waals surface area (Å²) in [6.45, 7) is 9.92. The molecular formula is C45H52N8O8. The van der Waals surface area contributed by atoms with Gasteiger partial charge in [-0.25, -0.2) is 19.6 Å². The predicted molar refractivity (Wildman–Crippen MR) is 226 cm³/mol. The fraction of sp³-hybridized carbons (Fsp3) is 0.378. The van der Waals surface area contributed by atoms with Crippen LogP contribution in [0.5, 0.6) is 11.5 Å². The highest BCUT2D eigenvalue weighted by molar-refractivity contribution is 5.89. The number of H-pyrrole nitrogens is 2. The van der Waals surface area contributed by atoms with E-state index in [-0.39, 0.29) is 30.8 Å².